The van der Waals surface area contributed by atoms with Gasteiger partial charge in [0.05, 0.1) is 35.6 Å². The van der Waals surface area contributed by atoms with Crippen LogP contribution in [0.15, 0.2) is 59.7 Å². The largest absolute Gasteiger partial charge is 0.451 e. The van der Waals surface area contributed by atoms with Gasteiger partial charge in [-0.25, -0.2) is 9.97 Å². The lowest BCUT2D eigenvalue weighted by Crippen LogP contribution is -2.30. The Balaban J connectivity index is 1.64. The summed E-state index contributed by atoms with van der Waals surface area (Å²) in [4.78, 5) is 27.0. The number of alkyl halides is 3. The number of benzene rings is 1. The van der Waals surface area contributed by atoms with E-state index in [1.54, 1.807) is 18.2 Å². The topological polar surface area (TPSA) is 98.1 Å². The average molecular weight is 441 g/mol. The minimum atomic E-state index is -4.48. The van der Waals surface area contributed by atoms with Crippen LogP contribution >= 0.6 is 0 Å². The van der Waals surface area contributed by atoms with Gasteiger partial charge in [-0.2, -0.15) is 13.2 Å². The first-order chi connectivity index (χ1) is 15.2. The lowest BCUT2D eigenvalue weighted by Gasteiger charge is -2.22. The minimum Gasteiger partial charge on any atom is -0.451 e. The lowest BCUT2D eigenvalue weighted by atomic mass is 10.1. The fourth-order valence-electron chi connectivity index (χ4n) is 3.20. The number of anilines is 1. The molecule has 164 valence electrons. The number of aryl methyl sites for hydroxylation is 1. The third-order valence-corrected chi connectivity index (χ3v) is 4.92. The standard InChI is InChI=1S/C22H18F3N5O2/c1-13-6-15-7-14(2-5-19(15)29-20(13)26)21(31)30(10-18-11-32-12-28-18)9-17-4-3-16(8-27-17)22(23,24)25/h2-8,11-12H,9-10H2,1H3,(H2,26,29). The second-order valence-electron chi connectivity index (χ2n) is 7.27. The first kappa shape index (κ1) is 21.3. The van der Waals surface area contributed by atoms with Crippen LogP contribution in [0.2, 0.25) is 0 Å². The molecule has 0 aliphatic heterocycles. The zero-order valence-corrected chi connectivity index (χ0v) is 16.9. The predicted molar refractivity (Wildman–Crippen MR) is 110 cm³/mol. The molecule has 0 unspecified atom stereocenters. The maximum absolute atomic E-state index is 13.3. The number of fused-ring (bicyclic) bond motifs is 1. The Kier molecular flexibility index (Phi) is 5.52. The summed E-state index contributed by atoms with van der Waals surface area (Å²) in [6.45, 7) is 1.90. The van der Waals surface area contributed by atoms with Crippen molar-refractivity contribution >= 4 is 22.6 Å². The van der Waals surface area contributed by atoms with Gasteiger partial charge in [0.25, 0.3) is 5.91 Å². The van der Waals surface area contributed by atoms with Crippen molar-refractivity contribution < 1.29 is 22.4 Å². The van der Waals surface area contributed by atoms with Crippen molar-refractivity contribution in [3.63, 3.8) is 0 Å². The Labute approximate surface area is 180 Å². The molecule has 1 aromatic carbocycles. The number of amides is 1. The van der Waals surface area contributed by atoms with Crippen molar-refractivity contribution in [3.05, 3.63) is 83.3 Å². The third kappa shape index (κ3) is 4.53. The van der Waals surface area contributed by atoms with Crippen LogP contribution < -0.4 is 5.73 Å². The van der Waals surface area contributed by atoms with E-state index in [1.807, 2.05) is 13.0 Å². The zero-order chi connectivity index (χ0) is 22.9. The number of nitrogens with two attached hydrogens (primary N) is 1. The van der Waals surface area contributed by atoms with E-state index in [9.17, 15) is 18.0 Å². The number of aromatic nitrogens is 3. The molecule has 0 spiro atoms. The van der Waals surface area contributed by atoms with Gasteiger partial charge in [0.2, 0.25) is 0 Å². The van der Waals surface area contributed by atoms with Crippen molar-refractivity contribution in [2.75, 3.05) is 5.73 Å². The van der Waals surface area contributed by atoms with Crippen LogP contribution in [0.4, 0.5) is 19.0 Å². The van der Waals surface area contributed by atoms with E-state index >= 15 is 0 Å². The molecule has 10 heteroatoms. The first-order valence-electron chi connectivity index (χ1n) is 9.56. The van der Waals surface area contributed by atoms with E-state index < -0.39 is 11.7 Å². The molecule has 4 rings (SSSR count). The van der Waals surface area contributed by atoms with Gasteiger partial charge >= 0.3 is 6.18 Å². The first-order valence-corrected chi connectivity index (χ1v) is 9.56. The van der Waals surface area contributed by atoms with Crippen LogP contribution in [0, 0.1) is 6.92 Å². The molecule has 0 saturated heterocycles. The SMILES string of the molecule is Cc1cc2cc(C(=O)N(Cc3ccc(C(F)(F)F)cn3)Cc3cocn3)ccc2nc1N. The van der Waals surface area contributed by atoms with Crippen molar-refractivity contribution in [1.29, 1.82) is 0 Å². The van der Waals surface area contributed by atoms with Crippen molar-refractivity contribution in [3.8, 4) is 0 Å². The second-order valence-corrected chi connectivity index (χ2v) is 7.27. The van der Waals surface area contributed by atoms with Gasteiger partial charge in [0.1, 0.15) is 12.1 Å². The summed E-state index contributed by atoms with van der Waals surface area (Å²) in [5, 5.41) is 0.747. The molecule has 0 atom stereocenters. The molecule has 0 aliphatic carbocycles. The highest BCUT2D eigenvalue weighted by atomic mass is 19.4. The minimum absolute atomic E-state index is 0.0130. The maximum Gasteiger partial charge on any atom is 0.417 e. The molecule has 0 bridgehead atoms. The number of oxazole rings is 1. The number of pyridine rings is 2. The molecule has 3 aromatic heterocycles. The molecule has 2 N–H and O–H groups in total. The van der Waals surface area contributed by atoms with E-state index in [4.69, 9.17) is 10.2 Å². The third-order valence-electron chi connectivity index (χ3n) is 4.92. The Bertz CT molecular complexity index is 1260. The van der Waals surface area contributed by atoms with Crippen LogP contribution in [0.5, 0.6) is 0 Å². The van der Waals surface area contributed by atoms with Crippen LogP contribution in [-0.4, -0.2) is 25.8 Å². The van der Waals surface area contributed by atoms with Gasteiger partial charge in [0, 0.05) is 17.1 Å². The highest BCUT2D eigenvalue weighted by Gasteiger charge is 2.30. The van der Waals surface area contributed by atoms with Gasteiger partial charge in [-0.1, -0.05) is 0 Å². The normalized spacial score (nSPS) is 11.6. The van der Waals surface area contributed by atoms with Crippen LogP contribution in [-0.2, 0) is 19.3 Å². The lowest BCUT2D eigenvalue weighted by molar-refractivity contribution is -0.137. The van der Waals surface area contributed by atoms with E-state index in [-0.39, 0.29) is 19.0 Å². The van der Waals surface area contributed by atoms with E-state index in [2.05, 4.69) is 15.0 Å². The van der Waals surface area contributed by atoms with Crippen LogP contribution in [0.25, 0.3) is 10.9 Å². The van der Waals surface area contributed by atoms with Crippen molar-refractivity contribution in [2.24, 2.45) is 0 Å². The fraction of sp³-hybridized carbons (Fsp3) is 0.182. The summed E-state index contributed by atoms with van der Waals surface area (Å²) in [5.74, 6) is 0.0729. The van der Waals surface area contributed by atoms with Gasteiger partial charge in [-0.3, -0.25) is 9.78 Å². The number of nitrogens with zero attached hydrogens (tertiary/aromatic N) is 4. The summed E-state index contributed by atoms with van der Waals surface area (Å²) in [7, 11) is 0. The smallest absolute Gasteiger partial charge is 0.417 e. The number of hydrogen-bond acceptors (Lipinski definition) is 6. The van der Waals surface area contributed by atoms with Crippen molar-refractivity contribution in [1.82, 2.24) is 19.9 Å². The van der Waals surface area contributed by atoms with Crippen LogP contribution in [0.3, 0.4) is 0 Å². The number of carbonyl (C=O) groups is 1. The fourth-order valence-corrected chi connectivity index (χ4v) is 3.20. The predicted octanol–water partition coefficient (Wildman–Crippen LogP) is 4.37. The van der Waals surface area contributed by atoms with E-state index in [1.165, 1.54) is 23.6 Å². The highest BCUT2D eigenvalue weighted by molar-refractivity contribution is 5.98. The summed E-state index contributed by atoms with van der Waals surface area (Å²) in [6.07, 6.45) is -1.09. The Morgan fingerprint density at radius 2 is 1.88 bits per heavy atom. The van der Waals surface area contributed by atoms with Gasteiger partial charge in [0.15, 0.2) is 6.39 Å². The number of halogens is 3. The summed E-state index contributed by atoms with van der Waals surface area (Å²) in [5.41, 5.74) is 7.63. The molecule has 7 nitrogen and oxygen atoms in total. The Morgan fingerprint density at radius 3 is 2.53 bits per heavy atom. The molecular weight excluding hydrogens is 423 g/mol. The second kappa shape index (κ2) is 8.29. The Morgan fingerprint density at radius 1 is 1.09 bits per heavy atom. The van der Waals surface area contributed by atoms with Crippen molar-refractivity contribution in [2.45, 2.75) is 26.2 Å². The van der Waals surface area contributed by atoms with Gasteiger partial charge in [-0.15, -0.1) is 0 Å². The van der Waals surface area contributed by atoms with E-state index in [0.29, 0.717) is 28.3 Å². The summed E-state index contributed by atoms with van der Waals surface area (Å²) in [6, 6.07) is 9.06. The average Bonchev–Trinajstić information content (AvgIpc) is 3.26. The molecule has 0 saturated carbocycles. The molecule has 4 aromatic rings. The summed E-state index contributed by atoms with van der Waals surface area (Å²) < 4.78 is 43.5. The number of hydrogen-bond donors (Lipinski definition) is 1. The van der Waals surface area contributed by atoms with Crippen LogP contribution in [0.1, 0.15) is 32.9 Å². The molecular formula is C22H18F3N5O2. The zero-order valence-electron chi connectivity index (χ0n) is 16.9. The maximum atomic E-state index is 13.3. The van der Waals surface area contributed by atoms with E-state index in [0.717, 1.165) is 23.2 Å². The number of nitrogen functional groups attached to an aromatic ring is 1. The molecule has 0 fully saturated rings. The molecule has 3 heterocycles. The van der Waals surface area contributed by atoms with Gasteiger partial charge in [-0.05, 0) is 48.9 Å². The quantitative estimate of drug-likeness (QED) is 0.494. The summed E-state index contributed by atoms with van der Waals surface area (Å²) >= 11 is 0. The number of carbonyl (C=O) groups excluding carboxylic acids is 1. The monoisotopic (exact) mass is 441 g/mol. The highest BCUT2D eigenvalue weighted by Crippen LogP contribution is 2.28. The molecule has 32 heavy (non-hydrogen) atoms. The molecule has 0 aliphatic rings. The Hall–Kier alpha value is -3.95. The molecule has 1 amide bonds. The molecule has 0 radical (unpaired) electrons. The van der Waals surface area contributed by atoms with Gasteiger partial charge < -0.3 is 15.1 Å². The number of rotatable bonds is 5.